The van der Waals surface area contributed by atoms with Crippen molar-refractivity contribution >= 4 is 5.91 Å². The van der Waals surface area contributed by atoms with Crippen LogP contribution in [0.4, 0.5) is 0 Å². The molecular formula is C19H25N5O. The van der Waals surface area contributed by atoms with Gasteiger partial charge in [0.25, 0.3) is 5.91 Å². The van der Waals surface area contributed by atoms with E-state index in [1.807, 2.05) is 29.3 Å². The minimum absolute atomic E-state index is 0.0253. The lowest BCUT2D eigenvalue weighted by molar-refractivity contribution is 0.0518. The van der Waals surface area contributed by atoms with Crippen molar-refractivity contribution < 1.29 is 4.79 Å². The number of nitrogens with zero attached hydrogens (tertiary/aromatic N) is 5. The van der Waals surface area contributed by atoms with Gasteiger partial charge in [-0.25, -0.2) is 4.68 Å². The van der Waals surface area contributed by atoms with E-state index in [0.29, 0.717) is 5.69 Å². The van der Waals surface area contributed by atoms with E-state index >= 15 is 0 Å². The third-order valence-electron chi connectivity index (χ3n) is 5.42. The molecule has 1 aliphatic carbocycles. The summed E-state index contributed by atoms with van der Waals surface area (Å²) in [6.45, 7) is 3.55. The van der Waals surface area contributed by atoms with E-state index in [1.54, 1.807) is 17.1 Å². The van der Waals surface area contributed by atoms with Crippen molar-refractivity contribution in [2.24, 2.45) is 0 Å². The number of rotatable bonds is 3. The molecule has 4 rings (SSSR count). The van der Waals surface area contributed by atoms with Gasteiger partial charge in [0, 0.05) is 50.8 Å². The van der Waals surface area contributed by atoms with E-state index in [2.05, 4.69) is 15.0 Å². The van der Waals surface area contributed by atoms with E-state index in [-0.39, 0.29) is 5.91 Å². The van der Waals surface area contributed by atoms with Gasteiger partial charge in [-0.2, -0.15) is 5.10 Å². The number of amides is 1. The molecule has 0 bridgehead atoms. The van der Waals surface area contributed by atoms with Gasteiger partial charge in [0.05, 0.1) is 5.69 Å². The molecule has 0 radical (unpaired) electrons. The Hall–Kier alpha value is -2.21. The van der Waals surface area contributed by atoms with Gasteiger partial charge in [0.1, 0.15) is 5.69 Å². The SMILES string of the molecule is O=C(c1cc(-n2cccn2)ccn1)N1CCN(C2CCCCC2)CC1. The summed E-state index contributed by atoms with van der Waals surface area (Å²) in [5.74, 6) is 0.0253. The number of hydrogen-bond acceptors (Lipinski definition) is 4. The summed E-state index contributed by atoms with van der Waals surface area (Å²) in [6, 6.07) is 6.28. The van der Waals surface area contributed by atoms with E-state index in [0.717, 1.165) is 37.9 Å². The van der Waals surface area contributed by atoms with Gasteiger partial charge in [-0.05, 0) is 31.0 Å². The molecule has 0 N–H and O–H groups in total. The first-order valence-electron chi connectivity index (χ1n) is 9.31. The van der Waals surface area contributed by atoms with Crippen LogP contribution in [-0.4, -0.2) is 62.7 Å². The highest BCUT2D eigenvalue weighted by Gasteiger charge is 2.27. The largest absolute Gasteiger partial charge is 0.335 e. The van der Waals surface area contributed by atoms with Gasteiger partial charge in [-0.3, -0.25) is 14.7 Å². The topological polar surface area (TPSA) is 54.3 Å². The van der Waals surface area contributed by atoms with Gasteiger partial charge in [0.15, 0.2) is 0 Å². The molecule has 1 saturated carbocycles. The van der Waals surface area contributed by atoms with E-state index in [4.69, 9.17) is 0 Å². The third kappa shape index (κ3) is 3.58. The van der Waals surface area contributed by atoms with Crippen LogP contribution in [0.1, 0.15) is 42.6 Å². The van der Waals surface area contributed by atoms with Gasteiger partial charge < -0.3 is 4.90 Å². The van der Waals surface area contributed by atoms with Crippen molar-refractivity contribution in [1.82, 2.24) is 24.6 Å². The standard InChI is InChI=1S/C19H25N5O/c25-19(18-15-17(7-9-20-18)24-10-4-8-21-24)23-13-11-22(12-14-23)16-5-2-1-3-6-16/h4,7-10,15-16H,1-3,5-6,11-14H2. The molecule has 2 aromatic heterocycles. The van der Waals surface area contributed by atoms with Crippen molar-refractivity contribution in [2.45, 2.75) is 38.1 Å². The molecule has 0 unspecified atom stereocenters. The predicted octanol–water partition coefficient (Wildman–Crippen LogP) is 2.36. The zero-order chi connectivity index (χ0) is 17.1. The van der Waals surface area contributed by atoms with Crippen LogP contribution in [0, 0.1) is 0 Å². The fraction of sp³-hybridized carbons (Fsp3) is 0.526. The summed E-state index contributed by atoms with van der Waals surface area (Å²) in [4.78, 5) is 21.6. The smallest absolute Gasteiger partial charge is 0.272 e. The minimum Gasteiger partial charge on any atom is -0.335 e. The lowest BCUT2D eigenvalue weighted by Gasteiger charge is -2.40. The average molecular weight is 339 g/mol. The van der Waals surface area contributed by atoms with Gasteiger partial charge in [-0.1, -0.05) is 19.3 Å². The van der Waals surface area contributed by atoms with E-state index in [9.17, 15) is 4.79 Å². The molecule has 0 atom stereocenters. The second-order valence-electron chi connectivity index (χ2n) is 6.97. The van der Waals surface area contributed by atoms with Crippen LogP contribution >= 0.6 is 0 Å². The predicted molar refractivity (Wildman–Crippen MR) is 95.7 cm³/mol. The summed E-state index contributed by atoms with van der Waals surface area (Å²) >= 11 is 0. The lowest BCUT2D eigenvalue weighted by atomic mass is 9.94. The molecule has 1 saturated heterocycles. The fourth-order valence-electron chi connectivity index (χ4n) is 4.00. The number of pyridine rings is 1. The summed E-state index contributed by atoms with van der Waals surface area (Å²) < 4.78 is 1.75. The molecule has 2 aliphatic rings. The number of carbonyl (C=O) groups excluding carboxylic acids is 1. The van der Waals surface area contributed by atoms with Crippen molar-refractivity contribution in [3.63, 3.8) is 0 Å². The molecule has 3 heterocycles. The van der Waals surface area contributed by atoms with Crippen LogP contribution in [0.3, 0.4) is 0 Å². The summed E-state index contributed by atoms with van der Waals surface area (Å²) in [5.41, 5.74) is 1.36. The highest BCUT2D eigenvalue weighted by molar-refractivity contribution is 5.92. The third-order valence-corrected chi connectivity index (χ3v) is 5.42. The molecule has 1 amide bonds. The van der Waals surface area contributed by atoms with E-state index in [1.165, 1.54) is 32.1 Å². The molecule has 6 nitrogen and oxygen atoms in total. The first-order valence-corrected chi connectivity index (χ1v) is 9.31. The number of piperazine rings is 1. The maximum Gasteiger partial charge on any atom is 0.272 e. The van der Waals surface area contributed by atoms with Crippen molar-refractivity contribution in [3.05, 3.63) is 42.5 Å². The maximum atomic E-state index is 12.8. The number of carbonyl (C=O) groups is 1. The monoisotopic (exact) mass is 339 g/mol. The molecular weight excluding hydrogens is 314 g/mol. The molecule has 2 aromatic rings. The highest BCUT2D eigenvalue weighted by Crippen LogP contribution is 2.23. The van der Waals surface area contributed by atoms with Crippen LogP contribution in [0.5, 0.6) is 0 Å². The molecule has 25 heavy (non-hydrogen) atoms. The maximum absolute atomic E-state index is 12.8. The second-order valence-corrected chi connectivity index (χ2v) is 6.97. The zero-order valence-corrected chi connectivity index (χ0v) is 14.5. The van der Waals surface area contributed by atoms with Crippen LogP contribution in [0.2, 0.25) is 0 Å². The summed E-state index contributed by atoms with van der Waals surface area (Å²) in [7, 11) is 0. The Morgan fingerprint density at radius 3 is 2.56 bits per heavy atom. The molecule has 132 valence electrons. The van der Waals surface area contributed by atoms with Crippen LogP contribution < -0.4 is 0 Å². The second kappa shape index (κ2) is 7.35. The summed E-state index contributed by atoms with van der Waals surface area (Å²) in [5, 5.41) is 4.22. The van der Waals surface area contributed by atoms with Crippen molar-refractivity contribution in [3.8, 4) is 5.69 Å². The average Bonchev–Trinajstić information content (AvgIpc) is 3.23. The molecule has 0 spiro atoms. The van der Waals surface area contributed by atoms with Crippen LogP contribution in [-0.2, 0) is 0 Å². The van der Waals surface area contributed by atoms with Crippen LogP contribution in [0.15, 0.2) is 36.8 Å². The lowest BCUT2D eigenvalue weighted by Crippen LogP contribution is -2.52. The van der Waals surface area contributed by atoms with Crippen LogP contribution in [0.25, 0.3) is 5.69 Å². The molecule has 6 heteroatoms. The van der Waals surface area contributed by atoms with Gasteiger partial charge >= 0.3 is 0 Å². The Kier molecular flexibility index (Phi) is 4.78. The minimum atomic E-state index is 0.0253. The van der Waals surface area contributed by atoms with Gasteiger partial charge in [-0.15, -0.1) is 0 Å². The molecule has 2 fully saturated rings. The summed E-state index contributed by atoms with van der Waals surface area (Å²) in [6.07, 6.45) is 12.0. The van der Waals surface area contributed by atoms with E-state index < -0.39 is 0 Å². The Bertz CT molecular complexity index is 700. The Morgan fingerprint density at radius 2 is 1.84 bits per heavy atom. The highest BCUT2D eigenvalue weighted by atomic mass is 16.2. The Labute approximate surface area is 148 Å². The number of hydrogen-bond donors (Lipinski definition) is 0. The zero-order valence-electron chi connectivity index (χ0n) is 14.5. The molecule has 1 aliphatic heterocycles. The molecule has 0 aromatic carbocycles. The van der Waals surface area contributed by atoms with Gasteiger partial charge in [0.2, 0.25) is 0 Å². The first-order chi connectivity index (χ1) is 12.3. The Balaban J connectivity index is 1.40. The first kappa shape index (κ1) is 16.3. The van der Waals surface area contributed by atoms with Crippen molar-refractivity contribution in [2.75, 3.05) is 26.2 Å². The quantitative estimate of drug-likeness (QED) is 0.861. The van der Waals surface area contributed by atoms with Crippen molar-refractivity contribution in [1.29, 1.82) is 0 Å². The fourth-order valence-corrected chi connectivity index (χ4v) is 4.00. The Morgan fingerprint density at radius 1 is 1.04 bits per heavy atom. The normalized spacial score (nSPS) is 19.9. The number of aromatic nitrogens is 3.